The molecule has 0 bridgehead atoms. The maximum absolute atomic E-state index is 12.1. The Hall–Kier alpha value is -0.810. The van der Waals surface area contributed by atoms with Crippen LogP contribution in [-0.2, 0) is 9.47 Å². The van der Waals surface area contributed by atoms with Gasteiger partial charge in [0.25, 0.3) is 0 Å². The molecule has 0 saturated carbocycles. The smallest absolute Gasteiger partial charge is 0.424 e. The van der Waals surface area contributed by atoms with Crippen LogP contribution < -0.4 is 0 Å². The quantitative estimate of drug-likeness (QED) is 0.772. The second kappa shape index (κ2) is 5.29. The van der Waals surface area contributed by atoms with Crippen LogP contribution in [0.15, 0.2) is 0 Å². The number of rotatable bonds is 2. The van der Waals surface area contributed by atoms with Crippen LogP contribution in [0.1, 0.15) is 40.5 Å². The van der Waals surface area contributed by atoms with Crippen molar-refractivity contribution < 1.29 is 14.3 Å². The van der Waals surface area contributed by atoms with Gasteiger partial charge in [-0.3, -0.25) is 0 Å². The zero-order valence-corrected chi connectivity index (χ0v) is 12.6. The van der Waals surface area contributed by atoms with Crippen molar-refractivity contribution in [3.05, 3.63) is 0 Å². The van der Waals surface area contributed by atoms with Gasteiger partial charge in [0.15, 0.2) is 0 Å². The van der Waals surface area contributed by atoms with E-state index >= 15 is 0 Å². The molecule has 19 heavy (non-hydrogen) atoms. The van der Waals surface area contributed by atoms with Gasteiger partial charge in [0.05, 0.1) is 0 Å². The highest BCUT2D eigenvalue weighted by Crippen LogP contribution is 2.40. The van der Waals surface area contributed by atoms with Gasteiger partial charge in [-0.15, -0.1) is 0 Å². The molecule has 0 radical (unpaired) electrons. The average Bonchev–Trinajstić information content (AvgIpc) is 2.26. The van der Waals surface area contributed by atoms with Crippen molar-refractivity contribution in [1.29, 1.82) is 0 Å². The lowest BCUT2D eigenvalue weighted by Gasteiger charge is -2.55. The van der Waals surface area contributed by atoms with Gasteiger partial charge >= 0.3 is 6.09 Å². The number of amides is 1. The summed E-state index contributed by atoms with van der Waals surface area (Å²) in [5, 5.41) is 3.84. The summed E-state index contributed by atoms with van der Waals surface area (Å²) in [5.41, 5.74) is -0.0700. The first-order chi connectivity index (χ1) is 8.85. The molecule has 2 saturated heterocycles. The van der Waals surface area contributed by atoms with Crippen LogP contribution in [0, 0.1) is 5.41 Å². The third-order valence-corrected chi connectivity index (χ3v) is 3.83. The minimum atomic E-state index is -0.439. The van der Waals surface area contributed by atoms with Crippen molar-refractivity contribution in [2.75, 3.05) is 32.8 Å². The van der Waals surface area contributed by atoms with E-state index in [1.165, 1.54) is 0 Å². The fraction of sp³-hybridized carbons (Fsp3) is 0.929. The van der Waals surface area contributed by atoms with Crippen molar-refractivity contribution in [2.24, 2.45) is 5.41 Å². The van der Waals surface area contributed by atoms with Crippen molar-refractivity contribution in [2.45, 2.75) is 46.1 Å². The molecule has 0 aliphatic carbocycles. The molecule has 0 atom stereocenters. The van der Waals surface area contributed by atoms with Crippen LogP contribution in [0.5, 0.6) is 0 Å². The van der Waals surface area contributed by atoms with Crippen LogP contribution >= 0.6 is 0 Å². The Bertz CT molecular complexity index is 324. The molecule has 2 heterocycles. The molecule has 0 unspecified atom stereocenters. The Balaban J connectivity index is 1.88. The molecular weight excluding hydrogens is 244 g/mol. The van der Waals surface area contributed by atoms with E-state index in [1.807, 2.05) is 27.7 Å². The average molecular weight is 270 g/mol. The number of nitrogens with zero attached hydrogens (tertiary/aromatic N) is 2. The Morgan fingerprint density at radius 3 is 2.37 bits per heavy atom. The lowest BCUT2D eigenvalue weighted by molar-refractivity contribution is -0.168. The van der Waals surface area contributed by atoms with Gasteiger partial charge in [-0.05, 0) is 40.5 Å². The lowest BCUT2D eigenvalue weighted by atomic mass is 9.74. The molecule has 1 spiro atoms. The van der Waals surface area contributed by atoms with Crippen LogP contribution in [-0.4, -0.2) is 54.6 Å². The molecule has 0 N–H and O–H groups in total. The molecule has 0 aromatic rings. The summed E-state index contributed by atoms with van der Waals surface area (Å²) >= 11 is 0. The van der Waals surface area contributed by atoms with Crippen molar-refractivity contribution in [1.82, 2.24) is 10.0 Å². The molecule has 110 valence electrons. The molecule has 1 amide bonds. The summed E-state index contributed by atoms with van der Waals surface area (Å²) in [6.07, 6.45) is 1.97. The standard InChI is InChI=1S/C14H26N2O3/c1-5-16(12(17)19-13(2,3)4)15-10-14(11-15)6-8-18-9-7-14/h5-11H2,1-4H3. The van der Waals surface area contributed by atoms with Gasteiger partial charge in [0.1, 0.15) is 5.60 Å². The minimum Gasteiger partial charge on any atom is -0.443 e. The molecule has 5 heteroatoms. The zero-order chi connectivity index (χ0) is 14.1. The summed E-state index contributed by atoms with van der Waals surface area (Å²) in [7, 11) is 0. The molecule has 2 aliphatic heterocycles. The molecule has 2 fully saturated rings. The van der Waals surface area contributed by atoms with E-state index in [1.54, 1.807) is 5.01 Å². The summed E-state index contributed by atoms with van der Waals surface area (Å²) in [4.78, 5) is 12.1. The van der Waals surface area contributed by atoms with Crippen LogP contribution in [0.3, 0.4) is 0 Å². The second-order valence-electron chi connectivity index (χ2n) is 6.63. The maximum Gasteiger partial charge on any atom is 0.424 e. The monoisotopic (exact) mass is 270 g/mol. The number of ether oxygens (including phenoxy) is 2. The summed E-state index contributed by atoms with van der Waals surface area (Å²) in [6.45, 7) is 11.9. The predicted molar refractivity (Wildman–Crippen MR) is 72.7 cm³/mol. The normalized spacial score (nSPS) is 22.9. The van der Waals surface area contributed by atoms with Crippen molar-refractivity contribution in [3.63, 3.8) is 0 Å². The van der Waals surface area contributed by atoms with E-state index in [0.717, 1.165) is 39.1 Å². The van der Waals surface area contributed by atoms with Crippen LogP contribution in [0.25, 0.3) is 0 Å². The first-order valence-corrected chi connectivity index (χ1v) is 7.18. The third-order valence-electron chi connectivity index (χ3n) is 3.83. The maximum atomic E-state index is 12.1. The van der Waals surface area contributed by atoms with E-state index in [9.17, 15) is 4.79 Å². The summed E-state index contributed by atoms with van der Waals surface area (Å²) in [6, 6.07) is 0. The van der Waals surface area contributed by atoms with E-state index in [-0.39, 0.29) is 6.09 Å². The van der Waals surface area contributed by atoms with Gasteiger partial charge in [-0.2, -0.15) is 0 Å². The van der Waals surface area contributed by atoms with Gasteiger partial charge < -0.3 is 9.47 Å². The highest BCUT2D eigenvalue weighted by Gasteiger charge is 2.47. The van der Waals surface area contributed by atoms with E-state index in [4.69, 9.17) is 9.47 Å². The van der Waals surface area contributed by atoms with Crippen LogP contribution in [0.2, 0.25) is 0 Å². The number of hydrazine groups is 1. The highest BCUT2D eigenvalue weighted by atomic mass is 16.6. The fourth-order valence-electron chi connectivity index (χ4n) is 2.78. The van der Waals surface area contributed by atoms with Gasteiger partial charge in [0, 0.05) is 38.3 Å². The highest BCUT2D eigenvalue weighted by molar-refractivity contribution is 5.67. The van der Waals surface area contributed by atoms with E-state index in [0.29, 0.717) is 12.0 Å². The molecule has 0 aromatic carbocycles. The second-order valence-corrected chi connectivity index (χ2v) is 6.63. The fourth-order valence-corrected chi connectivity index (χ4v) is 2.78. The largest absolute Gasteiger partial charge is 0.443 e. The van der Waals surface area contributed by atoms with Crippen LogP contribution in [0.4, 0.5) is 4.79 Å². The molecule has 5 nitrogen and oxygen atoms in total. The van der Waals surface area contributed by atoms with Gasteiger partial charge in [0.2, 0.25) is 0 Å². The molecule has 0 aromatic heterocycles. The number of hydrogen-bond donors (Lipinski definition) is 0. The first-order valence-electron chi connectivity index (χ1n) is 7.18. The van der Waals surface area contributed by atoms with E-state index < -0.39 is 5.60 Å². The SMILES string of the molecule is CCN(C(=O)OC(C)(C)C)N1CC2(CCOCC2)C1. The Labute approximate surface area is 115 Å². The Kier molecular flexibility index (Phi) is 4.06. The topological polar surface area (TPSA) is 42.0 Å². The number of carbonyl (C=O) groups is 1. The third kappa shape index (κ3) is 3.39. The molecule has 2 rings (SSSR count). The summed E-state index contributed by atoms with van der Waals surface area (Å²) in [5.74, 6) is 0. The van der Waals surface area contributed by atoms with Gasteiger partial charge in [-0.1, -0.05) is 0 Å². The molecular formula is C14H26N2O3. The Morgan fingerprint density at radius 2 is 1.89 bits per heavy atom. The van der Waals surface area contributed by atoms with Gasteiger partial charge in [-0.25, -0.2) is 14.8 Å². The predicted octanol–water partition coefficient (Wildman–Crippen LogP) is 2.27. The number of hydrogen-bond acceptors (Lipinski definition) is 4. The zero-order valence-electron chi connectivity index (χ0n) is 12.6. The van der Waals surface area contributed by atoms with Crippen molar-refractivity contribution in [3.8, 4) is 0 Å². The minimum absolute atomic E-state index is 0.239. The number of carbonyl (C=O) groups excluding carboxylic acids is 1. The van der Waals surface area contributed by atoms with Crippen molar-refractivity contribution >= 4 is 6.09 Å². The van der Waals surface area contributed by atoms with E-state index in [2.05, 4.69) is 5.01 Å². The lowest BCUT2D eigenvalue weighted by Crippen LogP contribution is -2.65. The Morgan fingerprint density at radius 1 is 1.32 bits per heavy atom. The summed E-state index contributed by atoms with van der Waals surface area (Å²) < 4.78 is 10.9. The molecule has 2 aliphatic rings. The first kappa shape index (κ1) is 14.6.